The Morgan fingerprint density at radius 1 is 1.32 bits per heavy atom. The van der Waals surface area contributed by atoms with Crippen LogP contribution in [0.25, 0.3) is 0 Å². The fourth-order valence-electron chi connectivity index (χ4n) is 2.87. The van der Waals surface area contributed by atoms with E-state index in [2.05, 4.69) is 5.10 Å². The van der Waals surface area contributed by atoms with Crippen molar-refractivity contribution in [2.75, 3.05) is 31.6 Å². The summed E-state index contributed by atoms with van der Waals surface area (Å²) in [5.41, 5.74) is 0.717. The quantitative estimate of drug-likeness (QED) is 0.834. The Kier molecular flexibility index (Phi) is 4.94. The zero-order chi connectivity index (χ0) is 18.0. The normalized spacial score (nSPS) is 16.0. The van der Waals surface area contributed by atoms with Crippen LogP contribution in [0.15, 0.2) is 36.7 Å². The van der Waals surface area contributed by atoms with Gasteiger partial charge in [0.25, 0.3) is 0 Å². The third-order valence-electron chi connectivity index (χ3n) is 4.23. The summed E-state index contributed by atoms with van der Waals surface area (Å²) in [5, 5.41) is 4.53. The zero-order valence-electron chi connectivity index (χ0n) is 14.1. The van der Waals surface area contributed by atoms with Crippen LogP contribution in [0.5, 0.6) is 5.75 Å². The van der Waals surface area contributed by atoms with Crippen molar-refractivity contribution >= 4 is 29.1 Å². The molecule has 0 saturated carbocycles. The third-order valence-corrected chi connectivity index (χ3v) is 4.43. The van der Waals surface area contributed by atoms with Gasteiger partial charge in [0.15, 0.2) is 0 Å². The number of methoxy groups -OCH3 is 1. The standard InChI is InChI=1S/C17H19ClN4O3/c1-12(22-10-13(18)9-19-22)17(24)20-7-8-21(16(23)11-20)14-5-3-4-6-15(14)25-2/h3-6,9-10,12H,7-8,11H2,1-2H3/t12-/m0/s1. The molecule has 0 bridgehead atoms. The van der Waals surface area contributed by atoms with Crippen LogP contribution < -0.4 is 9.64 Å². The molecule has 2 amide bonds. The molecule has 1 aromatic heterocycles. The molecule has 1 atom stereocenters. The fourth-order valence-corrected chi connectivity index (χ4v) is 3.02. The molecule has 7 nitrogen and oxygen atoms in total. The van der Waals surface area contributed by atoms with E-state index in [4.69, 9.17) is 16.3 Å². The molecule has 0 radical (unpaired) electrons. The fraction of sp³-hybridized carbons (Fsp3) is 0.353. The molecule has 0 unspecified atom stereocenters. The minimum absolute atomic E-state index is 0.0240. The number of carbonyl (C=O) groups is 2. The van der Waals surface area contributed by atoms with Crippen LogP contribution in [0, 0.1) is 0 Å². The molecule has 1 saturated heterocycles. The van der Waals surface area contributed by atoms with Crippen LogP contribution in [-0.4, -0.2) is 53.2 Å². The second-order valence-corrected chi connectivity index (χ2v) is 6.23. The lowest BCUT2D eigenvalue weighted by Gasteiger charge is -2.35. The van der Waals surface area contributed by atoms with Gasteiger partial charge in [-0.25, -0.2) is 0 Å². The number of anilines is 1. The Morgan fingerprint density at radius 2 is 2.08 bits per heavy atom. The van der Waals surface area contributed by atoms with E-state index in [0.29, 0.717) is 29.5 Å². The summed E-state index contributed by atoms with van der Waals surface area (Å²) in [6, 6.07) is 6.83. The molecule has 1 fully saturated rings. The number of hydrogen-bond donors (Lipinski definition) is 0. The smallest absolute Gasteiger partial charge is 0.247 e. The number of piperazine rings is 1. The minimum atomic E-state index is -0.516. The number of carbonyl (C=O) groups excluding carboxylic acids is 2. The second-order valence-electron chi connectivity index (χ2n) is 5.79. The number of nitrogens with zero attached hydrogens (tertiary/aromatic N) is 4. The van der Waals surface area contributed by atoms with E-state index in [1.165, 1.54) is 10.9 Å². The Hall–Kier alpha value is -2.54. The highest BCUT2D eigenvalue weighted by Gasteiger charge is 2.32. The largest absolute Gasteiger partial charge is 0.495 e. The van der Waals surface area contributed by atoms with E-state index in [1.807, 2.05) is 24.3 Å². The summed E-state index contributed by atoms with van der Waals surface area (Å²) in [6.07, 6.45) is 3.08. The first kappa shape index (κ1) is 17.3. The van der Waals surface area contributed by atoms with E-state index in [-0.39, 0.29) is 18.4 Å². The molecule has 2 heterocycles. The van der Waals surface area contributed by atoms with Crippen molar-refractivity contribution in [2.45, 2.75) is 13.0 Å². The third kappa shape index (κ3) is 3.46. The van der Waals surface area contributed by atoms with Crippen LogP contribution >= 0.6 is 11.6 Å². The molecule has 0 aliphatic carbocycles. The van der Waals surface area contributed by atoms with Gasteiger partial charge in [-0.1, -0.05) is 23.7 Å². The number of rotatable bonds is 4. The van der Waals surface area contributed by atoms with Crippen LogP contribution in [0.3, 0.4) is 0 Å². The van der Waals surface area contributed by atoms with Gasteiger partial charge < -0.3 is 14.5 Å². The first-order valence-corrected chi connectivity index (χ1v) is 8.31. The maximum Gasteiger partial charge on any atom is 0.247 e. The van der Waals surface area contributed by atoms with E-state index >= 15 is 0 Å². The predicted octanol–water partition coefficient (Wildman–Crippen LogP) is 1.98. The Morgan fingerprint density at radius 3 is 2.72 bits per heavy atom. The average Bonchev–Trinajstić information content (AvgIpc) is 3.06. The monoisotopic (exact) mass is 362 g/mol. The Labute approximate surface area is 150 Å². The van der Waals surface area contributed by atoms with Crippen molar-refractivity contribution in [2.24, 2.45) is 0 Å². The molecular formula is C17H19ClN4O3. The number of halogens is 1. The van der Waals surface area contributed by atoms with Gasteiger partial charge in [0, 0.05) is 19.3 Å². The molecule has 25 heavy (non-hydrogen) atoms. The van der Waals surface area contributed by atoms with Crippen LogP contribution in [0.4, 0.5) is 5.69 Å². The highest BCUT2D eigenvalue weighted by Crippen LogP contribution is 2.29. The molecule has 1 aliphatic rings. The van der Waals surface area contributed by atoms with Gasteiger partial charge >= 0.3 is 0 Å². The average molecular weight is 363 g/mol. The Balaban J connectivity index is 1.71. The molecule has 0 spiro atoms. The number of para-hydroxylation sites is 2. The maximum absolute atomic E-state index is 12.6. The summed E-state index contributed by atoms with van der Waals surface area (Å²) >= 11 is 5.85. The van der Waals surface area contributed by atoms with E-state index in [9.17, 15) is 9.59 Å². The highest BCUT2D eigenvalue weighted by molar-refractivity contribution is 6.30. The molecule has 1 aromatic carbocycles. The molecule has 132 valence electrons. The Bertz CT molecular complexity index is 792. The minimum Gasteiger partial charge on any atom is -0.495 e. The van der Waals surface area contributed by atoms with Crippen molar-refractivity contribution in [1.29, 1.82) is 0 Å². The summed E-state index contributed by atoms with van der Waals surface area (Å²) < 4.78 is 6.82. The van der Waals surface area contributed by atoms with Crippen LogP contribution in [-0.2, 0) is 9.59 Å². The second kappa shape index (κ2) is 7.14. The number of benzene rings is 1. The molecular weight excluding hydrogens is 344 g/mol. The van der Waals surface area contributed by atoms with Gasteiger partial charge in [0.1, 0.15) is 18.3 Å². The van der Waals surface area contributed by atoms with E-state index in [0.717, 1.165) is 0 Å². The SMILES string of the molecule is COc1ccccc1N1CCN(C(=O)[C@H](C)n2cc(Cl)cn2)CC1=O. The topological polar surface area (TPSA) is 67.7 Å². The maximum atomic E-state index is 12.6. The molecule has 0 N–H and O–H groups in total. The van der Waals surface area contributed by atoms with Crippen molar-refractivity contribution in [3.63, 3.8) is 0 Å². The van der Waals surface area contributed by atoms with Crippen molar-refractivity contribution < 1.29 is 14.3 Å². The highest BCUT2D eigenvalue weighted by atomic mass is 35.5. The molecule has 3 rings (SSSR count). The van der Waals surface area contributed by atoms with Gasteiger partial charge in [0.05, 0.1) is 24.0 Å². The number of ether oxygens (including phenoxy) is 1. The number of amides is 2. The lowest BCUT2D eigenvalue weighted by Crippen LogP contribution is -2.53. The van der Waals surface area contributed by atoms with Gasteiger partial charge in [-0.3, -0.25) is 14.3 Å². The van der Waals surface area contributed by atoms with Crippen molar-refractivity contribution in [1.82, 2.24) is 14.7 Å². The first-order chi connectivity index (χ1) is 12.0. The summed E-state index contributed by atoms with van der Waals surface area (Å²) in [7, 11) is 1.57. The van der Waals surface area contributed by atoms with Crippen molar-refractivity contribution in [3.8, 4) is 5.75 Å². The van der Waals surface area contributed by atoms with Crippen LogP contribution in [0.1, 0.15) is 13.0 Å². The molecule has 8 heteroatoms. The van der Waals surface area contributed by atoms with Gasteiger partial charge in [-0.15, -0.1) is 0 Å². The summed E-state index contributed by atoms with van der Waals surface area (Å²) in [6.45, 7) is 2.62. The molecule has 2 aromatic rings. The van der Waals surface area contributed by atoms with Gasteiger partial charge in [-0.05, 0) is 19.1 Å². The van der Waals surface area contributed by atoms with Crippen molar-refractivity contribution in [3.05, 3.63) is 41.7 Å². The predicted molar refractivity (Wildman–Crippen MR) is 93.9 cm³/mol. The lowest BCUT2D eigenvalue weighted by atomic mass is 10.2. The number of aromatic nitrogens is 2. The van der Waals surface area contributed by atoms with E-state index < -0.39 is 6.04 Å². The molecule has 1 aliphatic heterocycles. The van der Waals surface area contributed by atoms with Gasteiger partial charge in [0.2, 0.25) is 11.8 Å². The summed E-state index contributed by atoms with van der Waals surface area (Å²) in [4.78, 5) is 28.4. The lowest BCUT2D eigenvalue weighted by molar-refractivity contribution is -0.139. The number of hydrogen-bond acceptors (Lipinski definition) is 4. The van der Waals surface area contributed by atoms with E-state index in [1.54, 1.807) is 30.0 Å². The van der Waals surface area contributed by atoms with Crippen LogP contribution in [0.2, 0.25) is 5.02 Å². The van der Waals surface area contributed by atoms with Gasteiger partial charge in [-0.2, -0.15) is 5.10 Å². The first-order valence-electron chi connectivity index (χ1n) is 7.93. The zero-order valence-corrected chi connectivity index (χ0v) is 14.8. The summed E-state index contributed by atoms with van der Waals surface area (Å²) in [5.74, 6) is 0.331.